The van der Waals surface area contributed by atoms with Gasteiger partial charge in [0, 0.05) is 28.4 Å². The Morgan fingerprint density at radius 2 is 2.00 bits per heavy atom. The van der Waals surface area contributed by atoms with Gasteiger partial charge in [-0.2, -0.15) is 0 Å². The van der Waals surface area contributed by atoms with Crippen molar-refractivity contribution in [2.24, 2.45) is 0 Å². The fourth-order valence-electron chi connectivity index (χ4n) is 2.44. The predicted octanol–water partition coefficient (Wildman–Crippen LogP) is 5.38. The van der Waals surface area contributed by atoms with Gasteiger partial charge in [0.05, 0.1) is 9.82 Å². The summed E-state index contributed by atoms with van der Waals surface area (Å²) in [7, 11) is 0. The number of hydrogen-bond acceptors (Lipinski definition) is 6. The van der Waals surface area contributed by atoms with Crippen LogP contribution in [0.5, 0.6) is 0 Å². The Hall–Kier alpha value is -2.71. The Morgan fingerprint density at radius 1 is 1.22 bits per heavy atom. The van der Waals surface area contributed by atoms with Gasteiger partial charge in [0.15, 0.2) is 4.34 Å². The number of aryl methyl sites for hydroxylation is 2. The summed E-state index contributed by atoms with van der Waals surface area (Å²) in [6, 6.07) is 10.1. The smallest absolute Gasteiger partial charge is 0.284 e. The van der Waals surface area contributed by atoms with Crippen LogP contribution in [0.3, 0.4) is 0 Å². The number of nitro benzene ring substituents is 1. The lowest BCUT2D eigenvalue weighted by Crippen LogP contribution is -2.13. The summed E-state index contributed by atoms with van der Waals surface area (Å²) >= 11 is 2.66. The van der Waals surface area contributed by atoms with Crippen LogP contribution in [-0.4, -0.2) is 15.8 Å². The van der Waals surface area contributed by atoms with Crippen molar-refractivity contribution in [1.29, 1.82) is 0 Å². The van der Waals surface area contributed by atoms with Gasteiger partial charge in [-0.25, -0.2) is 4.98 Å². The second-order valence-corrected chi connectivity index (χ2v) is 8.15. The zero-order chi connectivity index (χ0) is 19.6. The van der Waals surface area contributed by atoms with E-state index in [1.165, 1.54) is 29.2 Å². The molecule has 1 aromatic heterocycles. The van der Waals surface area contributed by atoms with Crippen molar-refractivity contribution in [3.05, 3.63) is 74.3 Å². The van der Waals surface area contributed by atoms with Gasteiger partial charge in [-0.1, -0.05) is 23.9 Å². The number of nitrogens with one attached hydrogen (secondary N) is 1. The molecule has 27 heavy (non-hydrogen) atoms. The van der Waals surface area contributed by atoms with Gasteiger partial charge in [0.25, 0.3) is 11.6 Å². The van der Waals surface area contributed by atoms with E-state index < -0.39 is 4.92 Å². The van der Waals surface area contributed by atoms with Crippen LogP contribution in [0.25, 0.3) is 0 Å². The standard InChI is InChI=1S/C19H17N3O3S2/c1-11-5-4-6-15(13(11)3)21-18(23)14-7-8-17(16(9-14)22(24)25)27-19-20-12(2)10-26-19/h4-10H,1-3H3,(H,21,23). The molecule has 0 bridgehead atoms. The van der Waals surface area contributed by atoms with E-state index in [9.17, 15) is 14.9 Å². The van der Waals surface area contributed by atoms with Crippen molar-refractivity contribution in [3.63, 3.8) is 0 Å². The summed E-state index contributed by atoms with van der Waals surface area (Å²) < 4.78 is 0.725. The second kappa shape index (κ2) is 7.89. The highest BCUT2D eigenvalue weighted by molar-refractivity contribution is 8.01. The zero-order valence-electron chi connectivity index (χ0n) is 15.0. The number of rotatable bonds is 5. The lowest BCUT2D eigenvalue weighted by Gasteiger charge is -2.11. The zero-order valence-corrected chi connectivity index (χ0v) is 16.6. The Labute approximate surface area is 164 Å². The third kappa shape index (κ3) is 4.35. The Kier molecular flexibility index (Phi) is 5.57. The molecule has 0 saturated carbocycles. The molecule has 1 heterocycles. The number of hydrogen-bond donors (Lipinski definition) is 1. The number of nitro groups is 1. The minimum absolute atomic E-state index is 0.110. The van der Waals surface area contributed by atoms with E-state index in [0.717, 1.165) is 21.2 Å². The lowest BCUT2D eigenvalue weighted by molar-refractivity contribution is -0.387. The van der Waals surface area contributed by atoms with Crippen LogP contribution >= 0.6 is 23.1 Å². The molecule has 2 aromatic carbocycles. The first-order chi connectivity index (χ1) is 12.8. The molecule has 6 nitrogen and oxygen atoms in total. The summed E-state index contributed by atoms with van der Waals surface area (Å²) in [5.41, 5.74) is 3.72. The van der Waals surface area contributed by atoms with Crippen LogP contribution in [0.2, 0.25) is 0 Å². The van der Waals surface area contributed by atoms with Gasteiger partial charge < -0.3 is 5.32 Å². The monoisotopic (exact) mass is 399 g/mol. The first-order valence-corrected chi connectivity index (χ1v) is 9.81. The summed E-state index contributed by atoms with van der Waals surface area (Å²) in [6.07, 6.45) is 0. The van der Waals surface area contributed by atoms with Crippen LogP contribution < -0.4 is 5.32 Å². The molecule has 0 atom stereocenters. The SMILES string of the molecule is Cc1csc(Sc2ccc(C(=O)Nc3cccc(C)c3C)cc2[N+](=O)[O-])n1. The maximum Gasteiger partial charge on any atom is 0.284 e. The number of aromatic nitrogens is 1. The maximum absolute atomic E-state index is 12.6. The van der Waals surface area contributed by atoms with E-state index in [2.05, 4.69) is 10.3 Å². The molecule has 1 N–H and O–H groups in total. The van der Waals surface area contributed by atoms with E-state index >= 15 is 0 Å². The number of nitrogens with zero attached hydrogens (tertiary/aromatic N) is 2. The molecule has 0 aliphatic rings. The van der Waals surface area contributed by atoms with Crippen molar-refractivity contribution in [2.45, 2.75) is 30.0 Å². The second-order valence-electron chi connectivity index (χ2n) is 6.00. The van der Waals surface area contributed by atoms with Crippen LogP contribution in [0, 0.1) is 30.9 Å². The fraction of sp³-hybridized carbons (Fsp3) is 0.158. The summed E-state index contributed by atoms with van der Waals surface area (Å²) in [5, 5.41) is 16.2. The van der Waals surface area contributed by atoms with Crippen LogP contribution in [0.4, 0.5) is 11.4 Å². The number of thiazole rings is 1. The maximum atomic E-state index is 12.6. The van der Waals surface area contributed by atoms with Gasteiger partial charge in [-0.05, 0) is 50.1 Å². The highest BCUT2D eigenvalue weighted by atomic mass is 32.2. The highest BCUT2D eigenvalue weighted by Crippen LogP contribution is 2.37. The van der Waals surface area contributed by atoms with E-state index in [1.54, 1.807) is 12.1 Å². The number of amides is 1. The molecule has 0 unspecified atom stereocenters. The van der Waals surface area contributed by atoms with Crippen molar-refractivity contribution in [3.8, 4) is 0 Å². The molecular formula is C19H17N3O3S2. The number of carbonyl (C=O) groups is 1. The Balaban J connectivity index is 1.87. The van der Waals surface area contributed by atoms with Crippen molar-refractivity contribution < 1.29 is 9.72 Å². The van der Waals surface area contributed by atoms with Crippen LogP contribution in [-0.2, 0) is 0 Å². The molecule has 3 rings (SSSR count). The van der Waals surface area contributed by atoms with Crippen molar-refractivity contribution in [2.75, 3.05) is 5.32 Å². The molecule has 0 aliphatic heterocycles. The fourth-order valence-corrected chi connectivity index (χ4v) is 4.32. The third-order valence-electron chi connectivity index (χ3n) is 4.07. The summed E-state index contributed by atoms with van der Waals surface area (Å²) in [5.74, 6) is -0.381. The Bertz CT molecular complexity index is 1030. The molecule has 138 valence electrons. The largest absolute Gasteiger partial charge is 0.322 e. The summed E-state index contributed by atoms with van der Waals surface area (Å²) in [4.78, 5) is 28.4. The topological polar surface area (TPSA) is 85.1 Å². The molecular weight excluding hydrogens is 382 g/mol. The highest BCUT2D eigenvalue weighted by Gasteiger charge is 2.20. The van der Waals surface area contributed by atoms with Gasteiger partial charge in [0.1, 0.15) is 0 Å². The summed E-state index contributed by atoms with van der Waals surface area (Å²) in [6.45, 7) is 5.75. The normalized spacial score (nSPS) is 10.6. The molecule has 0 spiro atoms. The Morgan fingerprint density at radius 3 is 2.67 bits per heavy atom. The van der Waals surface area contributed by atoms with Crippen LogP contribution in [0.1, 0.15) is 27.2 Å². The molecule has 0 aliphatic carbocycles. The van der Waals surface area contributed by atoms with Crippen molar-refractivity contribution >= 4 is 40.4 Å². The molecule has 1 amide bonds. The van der Waals surface area contributed by atoms with Gasteiger partial charge in [-0.15, -0.1) is 11.3 Å². The quantitative estimate of drug-likeness (QED) is 0.460. The number of anilines is 1. The van der Waals surface area contributed by atoms with Gasteiger partial charge in [0.2, 0.25) is 0 Å². The first-order valence-electron chi connectivity index (χ1n) is 8.11. The third-order valence-corrected chi connectivity index (χ3v) is 6.19. The van der Waals surface area contributed by atoms with Crippen LogP contribution in [0.15, 0.2) is 51.0 Å². The first kappa shape index (κ1) is 19.1. The van der Waals surface area contributed by atoms with Gasteiger partial charge >= 0.3 is 0 Å². The predicted molar refractivity (Wildman–Crippen MR) is 108 cm³/mol. The molecule has 0 fully saturated rings. The van der Waals surface area contributed by atoms with E-state index in [-0.39, 0.29) is 17.2 Å². The molecule has 0 saturated heterocycles. The number of carbonyl (C=O) groups excluding carboxylic acids is 1. The van der Waals surface area contributed by atoms with E-state index in [0.29, 0.717) is 10.6 Å². The molecule has 3 aromatic rings. The van der Waals surface area contributed by atoms with Gasteiger partial charge in [-0.3, -0.25) is 14.9 Å². The minimum Gasteiger partial charge on any atom is -0.322 e. The average Bonchev–Trinajstić information content (AvgIpc) is 3.04. The molecule has 8 heteroatoms. The minimum atomic E-state index is -0.475. The number of benzene rings is 2. The van der Waals surface area contributed by atoms with E-state index in [4.69, 9.17) is 0 Å². The average molecular weight is 399 g/mol. The lowest BCUT2D eigenvalue weighted by atomic mass is 10.1. The van der Waals surface area contributed by atoms with Crippen molar-refractivity contribution in [1.82, 2.24) is 4.98 Å². The molecule has 0 radical (unpaired) electrons. The van der Waals surface area contributed by atoms with E-state index in [1.807, 2.05) is 44.4 Å².